The van der Waals surface area contributed by atoms with Crippen LogP contribution in [0.3, 0.4) is 0 Å². The fraction of sp³-hybridized carbons (Fsp3) is 0.471. The van der Waals surface area contributed by atoms with Gasteiger partial charge in [-0.1, -0.05) is 0 Å². The molecule has 24 heavy (non-hydrogen) atoms. The highest BCUT2D eigenvalue weighted by molar-refractivity contribution is 5.83. The van der Waals surface area contributed by atoms with Crippen molar-refractivity contribution in [1.82, 2.24) is 25.5 Å². The molecule has 2 aromatic heterocycles. The first-order chi connectivity index (χ1) is 11.5. The molecule has 0 unspecified atom stereocenters. The monoisotopic (exact) mass is 329 g/mol. The van der Waals surface area contributed by atoms with Gasteiger partial charge in [-0.15, -0.1) is 5.10 Å². The van der Waals surface area contributed by atoms with Crippen molar-refractivity contribution in [3.63, 3.8) is 0 Å². The first-order valence-electron chi connectivity index (χ1n) is 8.08. The average Bonchev–Trinajstić information content (AvgIpc) is 3.17. The molecule has 1 aromatic carbocycles. The number of aromatic nitrogens is 4. The van der Waals surface area contributed by atoms with E-state index in [1.54, 1.807) is 7.11 Å². The third kappa shape index (κ3) is 2.99. The molecule has 0 spiro atoms. The molecule has 3 rings (SSSR count). The maximum Gasteiger partial charge on any atom is 0.165 e. The van der Waals surface area contributed by atoms with Gasteiger partial charge in [0.25, 0.3) is 0 Å². The topological polar surface area (TPSA) is 78.0 Å². The molecule has 0 aliphatic carbocycles. The van der Waals surface area contributed by atoms with E-state index in [2.05, 4.69) is 48.5 Å². The average molecular weight is 329 g/mol. The van der Waals surface area contributed by atoms with Crippen LogP contribution in [0.25, 0.3) is 11.0 Å². The first kappa shape index (κ1) is 16.4. The number of tetrazole rings is 1. The van der Waals surface area contributed by atoms with Gasteiger partial charge < -0.3 is 14.5 Å². The largest absolute Gasteiger partial charge is 0.497 e. The first-order valence-corrected chi connectivity index (χ1v) is 8.08. The van der Waals surface area contributed by atoms with Crippen molar-refractivity contribution < 1.29 is 9.15 Å². The summed E-state index contributed by atoms with van der Waals surface area (Å²) in [6, 6.07) is 6.12. The van der Waals surface area contributed by atoms with Gasteiger partial charge in [-0.2, -0.15) is 0 Å². The lowest BCUT2D eigenvalue weighted by Crippen LogP contribution is -2.21. The normalized spacial score (nSPS) is 12.9. The molecule has 7 nitrogen and oxygen atoms in total. The zero-order valence-electron chi connectivity index (χ0n) is 14.7. The van der Waals surface area contributed by atoms with Gasteiger partial charge in [0.1, 0.15) is 17.1 Å². The molecular weight excluding hydrogens is 306 g/mol. The van der Waals surface area contributed by atoms with Crippen LogP contribution in [-0.2, 0) is 6.54 Å². The van der Waals surface area contributed by atoms with Crippen molar-refractivity contribution in [3.8, 4) is 5.75 Å². The Morgan fingerprint density at radius 2 is 2.08 bits per heavy atom. The maximum atomic E-state index is 6.03. The Kier molecular flexibility index (Phi) is 4.53. The highest BCUT2D eigenvalue weighted by Crippen LogP contribution is 2.31. The van der Waals surface area contributed by atoms with Crippen molar-refractivity contribution in [2.24, 2.45) is 0 Å². The van der Waals surface area contributed by atoms with Crippen molar-refractivity contribution in [3.05, 3.63) is 35.3 Å². The number of hydrogen-bond acceptors (Lipinski definition) is 6. The molecule has 3 aromatic rings. The summed E-state index contributed by atoms with van der Waals surface area (Å²) in [5, 5.41) is 16.4. The van der Waals surface area contributed by atoms with Gasteiger partial charge in [-0.3, -0.25) is 0 Å². The molecule has 1 atom stereocenters. The Labute approximate surface area is 141 Å². The van der Waals surface area contributed by atoms with E-state index in [0.29, 0.717) is 6.54 Å². The number of methoxy groups -OCH3 is 1. The summed E-state index contributed by atoms with van der Waals surface area (Å²) < 4.78 is 13.1. The van der Waals surface area contributed by atoms with Crippen LogP contribution in [0, 0.1) is 6.92 Å². The third-order valence-corrected chi connectivity index (χ3v) is 4.19. The van der Waals surface area contributed by atoms with E-state index >= 15 is 0 Å². The fourth-order valence-corrected chi connectivity index (χ4v) is 2.83. The molecule has 0 aliphatic rings. The second-order valence-electron chi connectivity index (χ2n) is 6.19. The number of ether oxygens (including phenoxy) is 1. The summed E-state index contributed by atoms with van der Waals surface area (Å²) in [6.07, 6.45) is 0. The smallest absolute Gasteiger partial charge is 0.165 e. The predicted octanol–water partition coefficient (Wildman–Crippen LogP) is 3.17. The van der Waals surface area contributed by atoms with E-state index in [1.807, 2.05) is 22.9 Å². The molecule has 0 fully saturated rings. The van der Waals surface area contributed by atoms with E-state index in [9.17, 15) is 0 Å². The van der Waals surface area contributed by atoms with Crippen LogP contribution < -0.4 is 10.1 Å². The molecule has 0 saturated carbocycles. The zero-order valence-corrected chi connectivity index (χ0v) is 14.7. The fourth-order valence-electron chi connectivity index (χ4n) is 2.83. The van der Waals surface area contributed by atoms with Gasteiger partial charge in [-0.05, 0) is 56.3 Å². The Balaban J connectivity index is 1.80. The minimum absolute atomic E-state index is 0.0423. The minimum atomic E-state index is 0.0423. The quantitative estimate of drug-likeness (QED) is 0.748. The van der Waals surface area contributed by atoms with E-state index < -0.39 is 0 Å². The summed E-state index contributed by atoms with van der Waals surface area (Å²) in [4.78, 5) is 0. The highest BCUT2D eigenvalue weighted by atomic mass is 16.5. The van der Waals surface area contributed by atoms with Gasteiger partial charge in [0.2, 0.25) is 0 Å². The molecule has 0 amide bonds. The molecule has 1 N–H and O–H groups in total. The minimum Gasteiger partial charge on any atom is -0.497 e. The van der Waals surface area contributed by atoms with Crippen LogP contribution in [0.5, 0.6) is 5.75 Å². The van der Waals surface area contributed by atoms with Gasteiger partial charge >= 0.3 is 0 Å². The van der Waals surface area contributed by atoms with Gasteiger partial charge in [-0.25, -0.2) is 4.68 Å². The Bertz CT molecular complexity index is 837. The number of hydrogen-bond donors (Lipinski definition) is 1. The Morgan fingerprint density at radius 3 is 2.79 bits per heavy atom. The van der Waals surface area contributed by atoms with Crippen LogP contribution in [0.4, 0.5) is 0 Å². The lowest BCUT2D eigenvalue weighted by Gasteiger charge is -2.13. The van der Waals surface area contributed by atoms with Crippen molar-refractivity contribution in [2.75, 3.05) is 7.11 Å². The van der Waals surface area contributed by atoms with Gasteiger partial charge in [0.15, 0.2) is 5.82 Å². The number of benzene rings is 1. The van der Waals surface area contributed by atoms with Crippen molar-refractivity contribution >= 4 is 11.0 Å². The second-order valence-corrected chi connectivity index (χ2v) is 6.19. The van der Waals surface area contributed by atoms with Crippen LogP contribution in [0.1, 0.15) is 50.0 Å². The van der Waals surface area contributed by atoms with Gasteiger partial charge in [0, 0.05) is 10.9 Å². The number of nitrogens with zero attached hydrogens (tertiary/aromatic N) is 4. The van der Waals surface area contributed by atoms with Crippen molar-refractivity contribution in [1.29, 1.82) is 0 Å². The van der Waals surface area contributed by atoms with Crippen LogP contribution in [-0.4, -0.2) is 27.3 Å². The predicted molar refractivity (Wildman–Crippen MR) is 91.0 cm³/mol. The summed E-state index contributed by atoms with van der Waals surface area (Å²) in [7, 11) is 1.67. The standard InChI is InChI=1S/C17H23N5O2/c1-10(2)22-16(19-20-21-22)9-18-12(4)17-11(3)14-8-13(23-5)6-7-15(14)24-17/h6-8,10,12,18H,9H2,1-5H3/t12-/m1/s1. The molecular formula is C17H23N5O2. The van der Waals surface area contributed by atoms with E-state index in [-0.39, 0.29) is 12.1 Å². The molecule has 0 aliphatic heterocycles. The molecule has 0 radical (unpaired) electrons. The molecule has 7 heteroatoms. The lowest BCUT2D eigenvalue weighted by molar-refractivity contribution is 0.414. The highest BCUT2D eigenvalue weighted by Gasteiger charge is 2.18. The summed E-state index contributed by atoms with van der Waals surface area (Å²) in [5.74, 6) is 2.56. The summed E-state index contributed by atoms with van der Waals surface area (Å²) in [5.41, 5.74) is 1.98. The molecule has 2 heterocycles. The Hall–Kier alpha value is -2.41. The molecule has 0 bridgehead atoms. The number of nitrogens with one attached hydrogen (secondary N) is 1. The van der Waals surface area contributed by atoms with E-state index in [1.165, 1.54) is 0 Å². The number of rotatable bonds is 6. The molecule has 0 saturated heterocycles. The van der Waals surface area contributed by atoms with Crippen LogP contribution >= 0.6 is 0 Å². The SMILES string of the molecule is COc1ccc2oc([C@@H](C)NCc3nnnn3C(C)C)c(C)c2c1. The van der Waals surface area contributed by atoms with Gasteiger partial charge in [0.05, 0.1) is 25.7 Å². The van der Waals surface area contributed by atoms with Crippen LogP contribution in [0.2, 0.25) is 0 Å². The third-order valence-electron chi connectivity index (χ3n) is 4.19. The Morgan fingerprint density at radius 1 is 1.29 bits per heavy atom. The number of fused-ring (bicyclic) bond motifs is 1. The van der Waals surface area contributed by atoms with E-state index in [4.69, 9.17) is 9.15 Å². The van der Waals surface area contributed by atoms with E-state index in [0.717, 1.165) is 33.9 Å². The number of aryl methyl sites for hydroxylation is 1. The second kappa shape index (κ2) is 6.60. The van der Waals surface area contributed by atoms with Crippen LogP contribution in [0.15, 0.2) is 22.6 Å². The van der Waals surface area contributed by atoms with Crippen molar-refractivity contribution in [2.45, 2.75) is 46.3 Å². The number of furan rings is 1. The lowest BCUT2D eigenvalue weighted by atomic mass is 10.1. The summed E-state index contributed by atoms with van der Waals surface area (Å²) >= 11 is 0. The zero-order chi connectivity index (χ0) is 17.3. The molecule has 128 valence electrons. The summed E-state index contributed by atoms with van der Waals surface area (Å²) in [6.45, 7) is 8.83. The maximum absolute atomic E-state index is 6.03.